The lowest BCUT2D eigenvalue weighted by Gasteiger charge is -2.23. The predicted molar refractivity (Wildman–Crippen MR) is 145 cm³/mol. The summed E-state index contributed by atoms with van der Waals surface area (Å²) in [5, 5.41) is 9.73. The van der Waals surface area contributed by atoms with Crippen LogP contribution in [0.2, 0.25) is 0 Å². The van der Waals surface area contributed by atoms with Gasteiger partial charge in [0.15, 0.2) is 5.13 Å². The normalized spacial score (nSPS) is 11.5. The number of carboxylic acid groups (broad SMARTS) is 1. The molecule has 0 saturated carbocycles. The zero-order valence-corrected chi connectivity index (χ0v) is 21.6. The number of nitrogens with zero attached hydrogens (tertiary/aromatic N) is 2. The summed E-state index contributed by atoms with van der Waals surface area (Å²) in [6.07, 6.45) is 1.29. The number of thiazole rings is 1. The quantitative estimate of drug-likeness (QED) is 0.291. The molecule has 3 aromatic carbocycles. The second-order valence-electron chi connectivity index (χ2n) is 8.26. The fourth-order valence-electron chi connectivity index (χ4n) is 4.12. The molecule has 0 amide bonds. The summed E-state index contributed by atoms with van der Waals surface area (Å²) in [6, 6.07) is 24.1. The lowest BCUT2D eigenvalue weighted by atomic mass is 9.98. The summed E-state index contributed by atoms with van der Waals surface area (Å²) in [5.74, 6) is -0.908. The smallest absolute Gasteiger partial charge is 0.341 e. The molecule has 0 atom stereocenters. The van der Waals surface area contributed by atoms with Crippen molar-refractivity contribution in [1.29, 1.82) is 0 Å². The molecule has 0 unspecified atom stereocenters. The van der Waals surface area contributed by atoms with Crippen molar-refractivity contribution in [2.45, 2.75) is 10.9 Å². The number of anilines is 1. The lowest BCUT2D eigenvalue weighted by molar-refractivity contribution is 0.0694. The highest BCUT2D eigenvalue weighted by atomic mass is 32.2. The number of methoxy groups -OCH3 is 1. The number of ether oxygens (including phenoxy) is 1. The molecular formula is C27H21N3O6S2. The van der Waals surface area contributed by atoms with Crippen LogP contribution in [0.1, 0.15) is 27.5 Å². The molecule has 5 aromatic rings. The van der Waals surface area contributed by atoms with Gasteiger partial charge >= 0.3 is 5.97 Å². The van der Waals surface area contributed by atoms with Crippen LogP contribution in [-0.4, -0.2) is 36.2 Å². The maximum Gasteiger partial charge on any atom is 0.341 e. The van der Waals surface area contributed by atoms with Gasteiger partial charge in [0.25, 0.3) is 10.0 Å². The van der Waals surface area contributed by atoms with Crippen molar-refractivity contribution in [3.05, 3.63) is 118 Å². The highest BCUT2D eigenvalue weighted by Gasteiger charge is 2.26. The molecule has 38 heavy (non-hydrogen) atoms. The topological polar surface area (TPSA) is 128 Å². The van der Waals surface area contributed by atoms with E-state index in [4.69, 9.17) is 4.74 Å². The number of nitrogens with one attached hydrogen (secondary N) is 1. The molecule has 0 aliphatic carbocycles. The predicted octanol–water partition coefficient (Wildman–Crippen LogP) is 4.60. The van der Waals surface area contributed by atoms with Gasteiger partial charge in [0.05, 0.1) is 18.0 Å². The molecule has 9 nitrogen and oxygen atoms in total. The van der Waals surface area contributed by atoms with Crippen molar-refractivity contribution < 1.29 is 23.1 Å². The van der Waals surface area contributed by atoms with E-state index in [-0.39, 0.29) is 15.5 Å². The number of pyridine rings is 1. The molecule has 2 N–H and O–H groups in total. The van der Waals surface area contributed by atoms with Crippen LogP contribution in [0.25, 0.3) is 10.3 Å². The van der Waals surface area contributed by atoms with E-state index in [2.05, 4.69) is 9.71 Å². The van der Waals surface area contributed by atoms with Gasteiger partial charge in [-0.15, -0.1) is 0 Å². The van der Waals surface area contributed by atoms with Gasteiger partial charge in [-0.05, 0) is 35.4 Å². The number of carbonyl (C=O) groups is 1. The molecule has 2 heterocycles. The van der Waals surface area contributed by atoms with Crippen LogP contribution in [0, 0.1) is 0 Å². The van der Waals surface area contributed by atoms with Crippen LogP contribution in [0.4, 0.5) is 5.13 Å². The Morgan fingerprint density at radius 1 is 0.974 bits per heavy atom. The summed E-state index contributed by atoms with van der Waals surface area (Å²) < 4.78 is 35.2. The number of sulfonamides is 1. The van der Waals surface area contributed by atoms with Gasteiger partial charge in [-0.2, -0.15) is 0 Å². The molecule has 0 bridgehead atoms. The van der Waals surface area contributed by atoms with Crippen LogP contribution in [-0.2, 0) is 10.0 Å². The Morgan fingerprint density at radius 2 is 1.55 bits per heavy atom. The van der Waals surface area contributed by atoms with Crippen LogP contribution < -0.4 is 14.9 Å². The second kappa shape index (κ2) is 10.1. The number of hydrogen-bond donors (Lipinski definition) is 2. The molecule has 192 valence electrons. The molecule has 0 aliphatic rings. The fourth-order valence-corrected chi connectivity index (χ4v) is 6.32. The van der Waals surface area contributed by atoms with Gasteiger partial charge in [0.2, 0.25) is 5.43 Å². The molecule has 0 radical (unpaired) electrons. The maximum atomic E-state index is 13.1. The first kappa shape index (κ1) is 25.2. The zero-order chi connectivity index (χ0) is 26.9. The Labute approximate surface area is 221 Å². The fraction of sp³-hybridized carbons (Fsp3) is 0.0741. The SMILES string of the molecule is COc1ccc(S(=O)(=O)Nc2nc3c(=O)c(C(=O)O)cn(C(c4ccccc4)c4ccccc4)c3s2)cc1. The highest BCUT2D eigenvalue weighted by molar-refractivity contribution is 7.93. The average Bonchev–Trinajstić information content (AvgIpc) is 3.35. The number of aromatic carboxylic acids is 1. The number of aromatic nitrogens is 2. The van der Waals surface area contributed by atoms with E-state index in [1.165, 1.54) is 37.6 Å². The second-order valence-corrected chi connectivity index (χ2v) is 10.9. The first-order valence-corrected chi connectivity index (χ1v) is 13.6. The van der Waals surface area contributed by atoms with E-state index in [0.717, 1.165) is 22.5 Å². The Balaban J connectivity index is 1.70. The Bertz CT molecular complexity index is 1740. The molecule has 11 heteroatoms. The van der Waals surface area contributed by atoms with Crippen LogP contribution >= 0.6 is 11.3 Å². The first-order chi connectivity index (χ1) is 18.3. The van der Waals surface area contributed by atoms with Gasteiger partial charge in [-0.1, -0.05) is 72.0 Å². The third kappa shape index (κ3) is 4.76. The van der Waals surface area contributed by atoms with Crippen molar-refractivity contribution in [2.75, 3.05) is 11.8 Å². The Hall–Kier alpha value is -4.48. The maximum absolute atomic E-state index is 13.1. The molecule has 0 fully saturated rings. The molecule has 0 saturated heterocycles. The summed E-state index contributed by atoms with van der Waals surface area (Å²) in [7, 11) is -2.57. The molecular weight excluding hydrogens is 526 g/mol. The highest BCUT2D eigenvalue weighted by Crippen LogP contribution is 2.34. The van der Waals surface area contributed by atoms with Crippen LogP contribution in [0.5, 0.6) is 5.75 Å². The molecule has 0 spiro atoms. The van der Waals surface area contributed by atoms with Gasteiger partial charge in [-0.3, -0.25) is 9.52 Å². The Morgan fingerprint density at radius 3 is 2.08 bits per heavy atom. The first-order valence-electron chi connectivity index (χ1n) is 11.3. The monoisotopic (exact) mass is 547 g/mol. The van der Waals surface area contributed by atoms with Crippen molar-refractivity contribution in [1.82, 2.24) is 9.55 Å². The van der Waals surface area contributed by atoms with Gasteiger partial charge in [0, 0.05) is 6.20 Å². The van der Waals surface area contributed by atoms with E-state index in [1.807, 2.05) is 60.7 Å². The Kier molecular flexibility index (Phi) is 6.70. The summed E-state index contributed by atoms with van der Waals surface area (Å²) >= 11 is 0.949. The van der Waals surface area contributed by atoms with E-state index in [1.54, 1.807) is 4.57 Å². The summed E-state index contributed by atoms with van der Waals surface area (Å²) in [6.45, 7) is 0. The molecule has 2 aromatic heterocycles. The third-order valence-electron chi connectivity index (χ3n) is 5.90. The number of carboxylic acids is 1. The minimum atomic E-state index is -4.05. The summed E-state index contributed by atoms with van der Waals surface area (Å²) in [4.78, 5) is 29.7. The third-order valence-corrected chi connectivity index (χ3v) is 8.37. The van der Waals surface area contributed by atoms with Crippen molar-refractivity contribution in [3.63, 3.8) is 0 Å². The number of rotatable bonds is 8. The molecule has 0 aliphatic heterocycles. The van der Waals surface area contributed by atoms with E-state index in [9.17, 15) is 23.1 Å². The zero-order valence-electron chi connectivity index (χ0n) is 19.9. The van der Waals surface area contributed by atoms with Gasteiger partial charge in [0.1, 0.15) is 21.7 Å². The van der Waals surface area contributed by atoms with Gasteiger partial charge < -0.3 is 14.4 Å². The minimum absolute atomic E-state index is 0.0227. The van der Waals surface area contributed by atoms with Crippen LogP contribution in [0.15, 0.2) is 101 Å². The van der Waals surface area contributed by atoms with Gasteiger partial charge in [-0.25, -0.2) is 18.2 Å². The van der Waals surface area contributed by atoms with E-state index in [0.29, 0.717) is 10.6 Å². The lowest BCUT2D eigenvalue weighted by Crippen LogP contribution is -2.22. The average molecular weight is 548 g/mol. The minimum Gasteiger partial charge on any atom is -0.497 e. The number of hydrogen-bond acceptors (Lipinski definition) is 7. The standard InChI is InChI=1S/C27H21N3O6S2/c1-36-19-12-14-20(15-13-19)38(34,35)29-27-28-22-24(31)21(26(32)33)16-30(25(22)37-27)23(17-8-4-2-5-9-17)18-10-6-3-7-11-18/h2-16,23H,1H3,(H,28,29)(H,32,33). The molecule has 5 rings (SSSR count). The summed E-state index contributed by atoms with van der Waals surface area (Å²) in [5.41, 5.74) is 0.278. The van der Waals surface area contributed by atoms with E-state index < -0.39 is 33.0 Å². The van der Waals surface area contributed by atoms with Crippen molar-refractivity contribution in [2.24, 2.45) is 0 Å². The van der Waals surface area contributed by atoms with E-state index >= 15 is 0 Å². The number of benzene rings is 3. The van der Waals surface area contributed by atoms with Crippen LogP contribution in [0.3, 0.4) is 0 Å². The largest absolute Gasteiger partial charge is 0.497 e. The van der Waals surface area contributed by atoms with Crippen molar-refractivity contribution in [3.8, 4) is 5.75 Å². The van der Waals surface area contributed by atoms with Crippen molar-refractivity contribution >= 4 is 42.8 Å². The number of fused-ring (bicyclic) bond motifs is 1.